The van der Waals surface area contributed by atoms with E-state index in [1.54, 1.807) is 24.5 Å². The zero-order chi connectivity index (χ0) is 15.5. The first-order valence-electron chi connectivity index (χ1n) is 6.82. The highest BCUT2D eigenvalue weighted by molar-refractivity contribution is 5.92. The van der Waals surface area contributed by atoms with E-state index in [0.717, 1.165) is 11.3 Å². The Morgan fingerprint density at radius 2 is 2.23 bits per heavy atom. The molecule has 0 aliphatic carbocycles. The summed E-state index contributed by atoms with van der Waals surface area (Å²) in [6.07, 6.45) is 3.34. The fourth-order valence-electron chi connectivity index (χ4n) is 2.20. The van der Waals surface area contributed by atoms with Gasteiger partial charge in [0, 0.05) is 12.4 Å². The quantitative estimate of drug-likeness (QED) is 0.767. The number of rotatable bonds is 4. The molecule has 0 radical (unpaired) electrons. The van der Waals surface area contributed by atoms with Crippen molar-refractivity contribution in [2.75, 3.05) is 0 Å². The third kappa shape index (κ3) is 2.73. The number of H-pyrrole nitrogens is 1. The van der Waals surface area contributed by atoms with Crippen molar-refractivity contribution < 1.29 is 9.32 Å². The van der Waals surface area contributed by atoms with Gasteiger partial charge in [-0.25, -0.2) is 9.97 Å². The molecule has 0 saturated carbocycles. The van der Waals surface area contributed by atoms with Crippen LogP contribution in [-0.4, -0.2) is 26.0 Å². The molecule has 112 valence electrons. The third-order valence-corrected chi connectivity index (χ3v) is 3.24. The number of hydrogen-bond acceptors (Lipinski definition) is 5. The maximum absolute atomic E-state index is 12.2. The van der Waals surface area contributed by atoms with Gasteiger partial charge in [0.25, 0.3) is 5.91 Å². The van der Waals surface area contributed by atoms with Gasteiger partial charge in [0.05, 0.1) is 23.5 Å². The van der Waals surface area contributed by atoms with Crippen molar-refractivity contribution in [2.45, 2.75) is 20.4 Å². The second-order valence-corrected chi connectivity index (χ2v) is 4.83. The molecule has 0 aromatic carbocycles. The van der Waals surface area contributed by atoms with Crippen molar-refractivity contribution in [3.05, 3.63) is 53.6 Å². The summed E-state index contributed by atoms with van der Waals surface area (Å²) in [6.45, 7) is 3.99. The van der Waals surface area contributed by atoms with Crippen LogP contribution in [0.2, 0.25) is 0 Å². The van der Waals surface area contributed by atoms with Crippen LogP contribution in [0, 0.1) is 13.8 Å². The van der Waals surface area contributed by atoms with Gasteiger partial charge in [-0.3, -0.25) is 4.79 Å². The molecule has 7 nitrogen and oxygen atoms in total. The Labute approximate surface area is 126 Å². The van der Waals surface area contributed by atoms with Gasteiger partial charge in [-0.15, -0.1) is 0 Å². The van der Waals surface area contributed by atoms with Crippen molar-refractivity contribution in [1.29, 1.82) is 0 Å². The third-order valence-electron chi connectivity index (χ3n) is 3.24. The molecule has 0 aliphatic heterocycles. The minimum Gasteiger partial charge on any atom is -0.361 e. The van der Waals surface area contributed by atoms with Crippen LogP contribution in [0.25, 0.3) is 11.3 Å². The smallest absolute Gasteiger partial charge is 0.270 e. The minimum atomic E-state index is -0.259. The number of nitrogens with one attached hydrogen (secondary N) is 2. The molecule has 3 aromatic heterocycles. The molecule has 3 heterocycles. The van der Waals surface area contributed by atoms with Gasteiger partial charge in [-0.1, -0.05) is 11.2 Å². The van der Waals surface area contributed by atoms with E-state index in [-0.39, 0.29) is 5.91 Å². The summed E-state index contributed by atoms with van der Waals surface area (Å²) in [5, 5.41) is 6.68. The van der Waals surface area contributed by atoms with Crippen LogP contribution in [0.1, 0.15) is 27.8 Å². The van der Waals surface area contributed by atoms with Crippen LogP contribution < -0.4 is 5.32 Å². The van der Waals surface area contributed by atoms with Gasteiger partial charge in [-0.2, -0.15) is 0 Å². The Bertz CT molecular complexity index is 773. The van der Waals surface area contributed by atoms with E-state index >= 15 is 0 Å². The van der Waals surface area contributed by atoms with Gasteiger partial charge in [0.2, 0.25) is 0 Å². The van der Waals surface area contributed by atoms with Crippen molar-refractivity contribution in [1.82, 2.24) is 25.4 Å². The average Bonchev–Trinajstić information content (AvgIpc) is 3.15. The first-order valence-corrected chi connectivity index (χ1v) is 6.82. The fraction of sp³-hybridized carbons (Fsp3) is 0.200. The standard InChI is InChI=1S/C15H15N5O2/c1-9-14(10(2)22-20-9)11-4-3-5-12(19-11)15(21)18-8-13-16-6-7-17-13/h3-7H,8H2,1-2H3,(H,16,17)(H,18,21). The lowest BCUT2D eigenvalue weighted by molar-refractivity contribution is 0.0945. The SMILES string of the molecule is Cc1noc(C)c1-c1cccc(C(=O)NCc2ncc[nH]2)n1. The Kier molecular flexibility index (Phi) is 3.69. The average molecular weight is 297 g/mol. The molecule has 1 amide bonds. The summed E-state index contributed by atoms with van der Waals surface area (Å²) in [4.78, 5) is 23.5. The van der Waals surface area contributed by atoms with E-state index < -0.39 is 0 Å². The molecule has 0 aliphatic rings. The van der Waals surface area contributed by atoms with Gasteiger partial charge < -0.3 is 14.8 Å². The van der Waals surface area contributed by atoms with Crippen LogP contribution in [0.15, 0.2) is 35.1 Å². The molecule has 2 N–H and O–H groups in total. The molecular formula is C15H15N5O2. The van der Waals surface area contributed by atoms with Gasteiger partial charge in [-0.05, 0) is 26.0 Å². The summed E-state index contributed by atoms with van der Waals surface area (Å²) in [6, 6.07) is 5.28. The molecule has 0 unspecified atom stereocenters. The lowest BCUT2D eigenvalue weighted by atomic mass is 10.1. The number of aryl methyl sites for hydroxylation is 2. The van der Waals surface area contributed by atoms with Crippen LogP contribution in [0.4, 0.5) is 0 Å². The Morgan fingerprint density at radius 1 is 1.36 bits per heavy atom. The predicted molar refractivity (Wildman–Crippen MR) is 79.0 cm³/mol. The fourth-order valence-corrected chi connectivity index (χ4v) is 2.20. The number of hydrogen-bond donors (Lipinski definition) is 2. The zero-order valence-corrected chi connectivity index (χ0v) is 12.3. The van der Waals surface area contributed by atoms with Crippen molar-refractivity contribution in [2.24, 2.45) is 0 Å². The maximum Gasteiger partial charge on any atom is 0.270 e. The topological polar surface area (TPSA) is 96.7 Å². The highest BCUT2D eigenvalue weighted by Gasteiger charge is 2.15. The van der Waals surface area contributed by atoms with Gasteiger partial charge in [0.15, 0.2) is 0 Å². The number of carbonyl (C=O) groups is 1. The lowest BCUT2D eigenvalue weighted by Crippen LogP contribution is -2.24. The molecular weight excluding hydrogens is 282 g/mol. The number of carbonyl (C=O) groups excluding carboxylic acids is 1. The minimum absolute atomic E-state index is 0.259. The number of imidazole rings is 1. The number of aromatic nitrogens is 4. The Hall–Kier alpha value is -2.96. The summed E-state index contributed by atoms with van der Waals surface area (Å²) >= 11 is 0. The first-order chi connectivity index (χ1) is 10.6. The van der Waals surface area contributed by atoms with Crippen LogP contribution >= 0.6 is 0 Å². The Morgan fingerprint density at radius 3 is 2.91 bits per heavy atom. The molecule has 3 aromatic rings. The van der Waals surface area contributed by atoms with Gasteiger partial charge in [0.1, 0.15) is 17.3 Å². The normalized spacial score (nSPS) is 10.6. The van der Waals surface area contributed by atoms with Crippen molar-refractivity contribution >= 4 is 5.91 Å². The second kappa shape index (κ2) is 5.80. The van der Waals surface area contributed by atoms with E-state index in [1.165, 1.54) is 0 Å². The summed E-state index contributed by atoms with van der Waals surface area (Å²) in [5.74, 6) is 1.11. The van der Waals surface area contributed by atoms with E-state index in [2.05, 4.69) is 25.4 Å². The highest BCUT2D eigenvalue weighted by atomic mass is 16.5. The molecule has 22 heavy (non-hydrogen) atoms. The predicted octanol–water partition coefficient (Wildman–Crippen LogP) is 2.01. The van der Waals surface area contributed by atoms with E-state index in [1.807, 2.05) is 19.9 Å². The van der Waals surface area contributed by atoms with E-state index in [0.29, 0.717) is 29.5 Å². The van der Waals surface area contributed by atoms with E-state index in [9.17, 15) is 4.79 Å². The van der Waals surface area contributed by atoms with Crippen LogP contribution in [-0.2, 0) is 6.54 Å². The first kappa shape index (κ1) is 14.0. The molecule has 7 heteroatoms. The molecule has 0 bridgehead atoms. The van der Waals surface area contributed by atoms with Crippen LogP contribution in [0.3, 0.4) is 0 Å². The monoisotopic (exact) mass is 297 g/mol. The zero-order valence-electron chi connectivity index (χ0n) is 12.3. The van der Waals surface area contributed by atoms with Gasteiger partial charge >= 0.3 is 0 Å². The largest absolute Gasteiger partial charge is 0.361 e. The molecule has 0 spiro atoms. The molecule has 0 fully saturated rings. The van der Waals surface area contributed by atoms with E-state index in [4.69, 9.17) is 4.52 Å². The Balaban J connectivity index is 1.80. The van der Waals surface area contributed by atoms with Crippen molar-refractivity contribution in [3.63, 3.8) is 0 Å². The number of pyridine rings is 1. The molecule has 0 saturated heterocycles. The molecule has 3 rings (SSSR count). The molecule has 0 atom stereocenters. The highest BCUT2D eigenvalue weighted by Crippen LogP contribution is 2.24. The van der Waals surface area contributed by atoms with Crippen LogP contribution in [0.5, 0.6) is 0 Å². The maximum atomic E-state index is 12.2. The number of amides is 1. The lowest BCUT2D eigenvalue weighted by Gasteiger charge is -2.05. The number of aromatic amines is 1. The van der Waals surface area contributed by atoms with Crippen molar-refractivity contribution in [3.8, 4) is 11.3 Å². The summed E-state index contributed by atoms with van der Waals surface area (Å²) in [5.41, 5.74) is 2.57. The summed E-state index contributed by atoms with van der Waals surface area (Å²) in [7, 11) is 0. The number of nitrogens with zero attached hydrogens (tertiary/aromatic N) is 3. The second-order valence-electron chi connectivity index (χ2n) is 4.83. The summed E-state index contributed by atoms with van der Waals surface area (Å²) < 4.78 is 5.14.